The summed E-state index contributed by atoms with van der Waals surface area (Å²) in [6.45, 7) is 0. The van der Waals surface area contributed by atoms with Crippen molar-refractivity contribution >= 4 is 57.2 Å². The Labute approximate surface area is 93.2 Å². The van der Waals surface area contributed by atoms with Crippen molar-refractivity contribution in [2.45, 2.75) is 3.79 Å². The van der Waals surface area contributed by atoms with E-state index in [-0.39, 0.29) is 0 Å². The van der Waals surface area contributed by atoms with Crippen molar-refractivity contribution in [3.63, 3.8) is 0 Å². The van der Waals surface area contributed by atoms with E-state index in [4.69, 9.17) is 40.5 Å². The van der Waals surface area contributed by atoms with Crippen molar-refractivity contribution < 1.29 is 14.9 Å². The van der Waals surface area contributed by atoms with Gasteiger partial charge in [-0.3, -0.25) is 5.73 Å². The zero-order valence-corrected chi connectivity index (χ0v) is 9.17. The number of thiazole rings is 1. The first-order chi connectivity index (χ1) is 5.84. The molecule has 0 bridgehead atoms. The Morgan fingerprint density at radius 3 is 2.15 bits per heavy atom. The van der Waals surface area contributed by atoms with Gasteiger partial charge in [0.2, 0.25) is 3.79 Å². The van der Waals surface area contributed by atoms with Crippen molar-refractivity contribution in [1.82, 2.24) is 0 Å². The van der Waals surface area contributed by atoms with Crippen molar-refractivity contribution in [3.8, 4) is 0 Å². The van der Waals surface area contributed by atoms with Crippen LogP contribution in [0.1, 0.15) is 0 Å². The Bertz CT molecular complexity index is 259. The number of aliphatic carboxylic acids is 1. The summed E-state index contributed by atoms with van der Waals surface area (Å²) < 4.78 is -2.28. The fourth-order valence-corrected chi connectivity index (χ4v) is 0.676. The third kappa shape index (κ3) is 6.89. The van der Waals surface area contributed by atoms with E-state index < -0.39 is 9.76 Å². The first kappa shape index (κ1) is 12.8. The molecule has 0 aliphatic heterocycles. The molecule has 1 rings (SSSR count). The molecule has 0 spiro atoms. The number of carbonyl (C=O) groups excluding carboxylic acids is 1. The summed E-state index contributed by atoms with van der Waals surface area (Å²) in [7, 11) is 0. The molecule has 74 valence electrons. The first-order valence-electron chi connectivity index (χ1n) is 2.83. The van der Waals surface area contributed by atoms with Crippen molar-refractivity contribution in [3.05, 3.63) is 11.6 Å². The van der Waals surface area contributed by atoms with Gasteiger partial charge in [-0.25, -0.2) is 4.98 Å². The topological polar surface area (TPSA) is 80.3 Å². The number of H-pyrrole nitrogens is 1. The molecule has 0 fully saturated rings. The average molecular weight is 264 g/mol. The van der Waals surface area contributed by atoms with Gasteiger partial charge in [0.15, 0.2) is 0 Å². The summed E-state index contributed by atoms with van der Waals surface area (Å²) >= 11 is 15.7. The number of halogens is 3. The summed E-state index contributed by atoms with van der Waals surface area (Å²) in [5.74, 6) is -1.71. The standard InChI is InChI=1S/C3H4N2S.C2HCl3O2/c4-3-5-1-2-6-3;3-2(4,5)1(6)7/h1-2H,(H2,4,5);(H,6,7). The van der Waals surface area contributed by atoms with Gasteiger partial charge < -0.3 is 9.90 Å². The van der Waals surface area contributed by atoms with Crippen LogP contribution in [0.25, 0.3) is 0 Å². The molecule has 1 aromatic rings. The number of hydrogen-bond acceptors (Lipinski definition) is 4. The SMILES string of the molecule is Nc1[nH+]ccs1.O=C([O-])C(Cl)(Cl)Cl. The van der Waals surface area contributed by atoms with E-state index in [1.54, 1.807) is 6.20 Å². The van der Waals surface area contributed by atoms with Crippen LogP contribution in [0.15, 0.2) is 11.6 Å². The Morgan fingerprint density at radius 2 is 2.08 bits per heavy atom. The Balaban J connectivity index is 0.000000223. The highest BCUT2D eigenvalue weighted by atomic mass is 35.6. The van der Waals surface area contributed by atoms with Gasteiger partial charge in [-0.2, -0.15) is 0 Å². The van der Waals surface area contributed by atoms with E-state index in [1.165, 1.54) is 11.3 Å². The Kier molecular flexibility index (Phi) is 5.39. The number of anilines is 1. The summed E-state index contributed by atoms with van der Waals surface area (Å²) in [6.07, 6.45) is 1.81. The number of carbonyl (C=O) groups is 1. The van der Waals surface area contributed by atoms with Crippen LogP contribution < -0.4 is 15.8 Å². The molecule has 0 atom stereocenters. The summed E-state index contributed by atoms with van der Waals surface area (Å²) in [4.78, 5) is 12.3. The highest BCUT2D eigenvalue weighted by Crippen LogP contribution is 2.24. The molecule has 3 N–H and O–H groups in total. The maximum Gasteiger partial charge on any atom is 0.329 e. The highest BCUT2D eigenvalue weighted by Gasteiger charge is 2.20. The molecular weight excluding hydrogens is 258 g/mol. The van der Waals surface area contributed by atoms with Gasteiger partial charge in [-0.1, -0.05) is 46.1 Å². The second-order valence-electron chi connectivity index (χ2n) is 1.71. The number of rotatable bonds is 0. The molecule has 0 aliphatic rings. The van der Waals surface area contributed by atoms with Gasteiger partial charge in [0.05, 0.1) is 12.2 Å². The molecule has 1 aromatic heterocycles. The van der Waals surface area contributed by atoms with Crippen LogP contribution in [0.4, 0.5) is 5.13 Å². The maximum atomic E-state index is 9.51. The molecule has 0 radical (unpaired) electrons. The van der Waals surface area contributed by atoms with Gasteiger partial charge in [-0.05, 0) is 0 Å². The second kappa shape index (κ2) is 5.49. The van der Waals surface area contributed by atoms with Crippen molar-refractivity contribution in [2.24, 2.45) is 0 Å². The minimum absolute atomic E-state index is 0.759. The van der Waals surface area contributed by atoms with Gasteiger partial charge >= 0.3 is 5.13 Å². The fourth-order valence-electron chi connectivity index (χ4n) is 0.257. The summed E-state index contributed by atoms with van der Waals surface area (Å²) in [5.41, 5.74) is 5.24. The van der Waals surface area contributed by atoms with Crippen LogP contribution in [-0.2, 0) is 4.79 Å². The lowest BCUT2D eigenvalue weighted by atomic mass is 10.8. The smallest absolute Gasteiger partial charge is 0.329 e. The van der Waals surface area contributed by atoms with E-state index in [0.717, 1.165) is 5.13 Å². The zero-order chi connectivity index (χ0) is 10.5. The monoisotopic (exact) mass is 262 g/mol. The van der Waals surface area contributed by atoms with Crippen molar-refractivity contribution in [2.75, 3.05) is 5.73 Å². The molecule has 1 heterocycles. The predicted octanol–water partition coefficient (Wildman–Crippen LogP) is 0.251. The number of aromatic amines is 1. The third-order valence-corrected chi connectivity index (χ3v) is 1.83. The Hall–Kier alpha value is -0.230. The predicted molar refractivity (Wildman–Crippen MR) is 50.6 cm³/mol. The first-order valence-corrected chi connectivity index (χ1v) is 4.84. The van der Waals surface area contributed by atoms with Crippen LogP contribution in [-0.4, -0.2) is 9.76 Å². The fraction of sp³-hybridized carbons (Fsp3) is 0.200. The molecule has 0 amide bonds. The zero-order valence-electron chi connectivity index (χ0n) is 6.09. The number of aromatic nitrogens is 1. The molecular formula is C5H5Cl3N2O2S. The van der Waals surface area contributed by atoms with E-state index in [0.29, 0.717) is 0 Å². The Morgan fingerprint density at radius 1 is 1.62 bits per heavy atom. The highest BCUT2D eigenvalue weighted by molar-refractivity contribution is 7.12. The second-order valence-corrected chi connectivity index (χ2v) is 4.94. The average Bonchev–Trinajstić information content (AvgIpc) is 2.38. The van der Waals surface area contributed by atoms with Crippen LogP contribution in [0.2, 0.25) is 0 Å². The number of carboxylic acids is 1. The van der Waals surface area contributed by atoms with Gasteiger partial charge in [0.1, 0.15) is 0 Å². The largest absolute Gasteiger partial charge is 0.545 e. The van der Waals surface area contributed by atoms with E-state index in [9.17, 15) is 9.90 Å². The third-order valence-electron chi connectivity index (χ3n) is 0.720. The molecule has 8 heteroatoms. The number of carboxylic acid groups (broad SMARTS) is 1. The van der Waals surface area contributed by atoms with Gasteiger partial charge in [0, 0.05) is 5.38 Å². The number of hydrogen-bond donors (Lipinski definition) is 1. The van der Waals surface area contributed by atoms with Crippen LogP contribution >= 0.6 is 46.1 Å². The molecule has 4 nitrogen and oxygen atoms in total. The van der Waals surface area contributed by atoms with Crippen LogP contribution in [0, 0.1) is 0 Å². The number of alkyl halides is 3. The van der Waals surface area contributed by atoms with Crippen LogP contribution in [0.3, 0.4) is 0 Å². The van der Waals surface area contributed by atoms with E-state index >= 15 is 0 Å². The van der Waals surface area contributed by atoms with E-state index in [1.807, 2.05) is 5.38 Å². The van der Waals surface area contributed by atoms with Crippen LogP contribution in [0.5, 0.6) is 0 Å². The molecule has 13 heavy (non-hydrogen) atoms. The summed E-state index contributed by atoms with van der Waals surface area (Å²) in [6, 6.07) is 0. The van der Waals surface area contributed by atoms with E-state index in [2.05, 4.69) is 4.98 Å². The lowest BCUT2D eigenvalue weighted by molar-refractivity contribution is -0.353. The molecule has 0 aliphatic carbocycles. The lowest BCUT2D eigenvalue weighted by Gasteiger charge is -2.09. The normalized spacial score (nSPS) is 10.1. The number of nitrogens with two attached hydrogens (primary N) is 1. The van der Waals surface area contributed by atoms with Crippen molar-refractivity contribution in [1.29, 1.82) is 0 Å². The summed E-state index contributed by atoms with van der Waals surface area (Å²) in [5, 5.41) is 12.2. The molecule has 0 saturated carbocycles. The minimum Gasteiger partial charge on any atom is -0.545 e. The molecule has 0 unspecified atom stereocenters. The van der Waals surface area contributed by atoms with Gasteiger partial charge in [-0.15, -0.1) is 0 Å². The number of nitrogen functional groups attached to an aromatic ring is 1. The lowest BCUT2D eigenvalue weighted by Crippen LogP contribution is -2.35. The minimum atomic E-state index is -2.28. The quantitative estimate of drug-likeness (QED) is 0.681. The maximum absolute atomic E-state index is 9.51. The number of nitrogens with one attached hydrogen (secondary N) is 1. The molecule has 0 saturated heterocycles. The molecule has 0 aromatic carbocycles. The van der Waals surface area contributed by atoms with Gasteiger partial charge in [0.25, 0.3) is 0 Å².